The highest BCUT2D eigenvalue weighted by Crippen LogP contribution is 2.12. The molecule has 0 radical (unpaired) electrons. The average Bonchev–Trinajstić information content (AvgIpc) is 2.59. The molecule has 1 aromatic rings. The minimum atomic E-state index is 0.942. The summed E-state index contributed by atoms with van der Waals surface area (Å²) in [6, 6.07) is 1.96. The van der Waals surface area contributed by atoms with Crippen molar-refractivity contribution in [1.82, 2.24) is 9.78 Å². The van der Waals surface area contributed by atoms with Crippen molar-refractivity contribution in [3.63, 3.8) is 0 Å². The molecule has 0 aromatic carbocycles. The van der Waals surface area contributed by atoms with E-state index in [0.717, 1.165) is 6.54 Å². The average molecular weight is 160 g/mol. The number of hydrogen-bond acceptors (Lipinski definition) is 1. The Balaban J connectivity index is 2.03. The minimum absolute atomic E-state index is 0.942. The van der Waals surface area contributed by atoms with E-state index in [1.807, 2.05) is 23.1 Å². The van der Waals surface area contributed by atoms with Crippen LogP contribution in [0.4, 0.5) is 0 Å². The van der Waals surface area contributed by atoms with Crippen LogP contribution in [0.5, 0.6) is 0 Å². The van der Waals surface area contributed by atoms with E-state index >= 15 is 0 Å². The highest BCUT2D eigenvalue weighted by molar-refractivity contribution is 5.17. The van der Waals surface area contributed by atoms with Crippen LogP contribution >= 0.6 is 0 Å². The van der Waals surface area contributed by atoms with Crippen molar-refractivity contribution in [2.45, 2.75) is 19.4 Å². The van der Waals surface area contributed by atoms with Crippen LogP contribution in [0.2, 0.25) is 0 Å². The van der Waals surface area contributed by atoms with E-state index in [4.69, 9.17) is 0 Å². The van der Waals surface area contributed by atoms with Crippen LogP contribution in [-0.4, -0.2) is 9.78 Å². The maximum atomic E-state index is 4.16. The monoisotopic (exact) mass is 160 g/mol. The van der Waals surface area contributed by atoms with Crippen LogP contribution < -0.4 is 0 Å². The predicted molar refractivity (Wildman–Crippen MR) is 48.7 cm³/mol. The molecule has 2 rings (SSSR count). The van der Waals surface area contributed by atoms with Crippen molar-refractivity contribution in [2.24, 2.45) is 0 Å². The second kappa shape index (κ2) is 3.39. The molecule has 0 aliphatic heterocycles. The van der Waals surface area contributed by atoms with Crippen molar-refractivity contribution in [3.05, 3.63) is 42.3 Å². The predicted octanol–water partition coefficient (Wildman–Crippen LogP) is 2.16. The molecule has 0 N–H and O–H groups in total. The Morgan fingerprint density at radius 2 is 2.50 bits per heavy atom. The number of rotatable bonds is 2. The molecule has 0 fully saturated rings. The van der Waals surface area contributed by atoms with Crippen LogP contribution in [0.25, 0.3) is 0 Å². The van der Waals surface area contributed by atoms with E-state index in [0.29, 0.717) is 0 Å². The molecule has 1 aromatic heterocycles. The molecule has 0 spiro atoms. The molecule has 0 saturated carbocycles. The summed E-state index contributed by atoms with van der Waals surface area (Å²) >= 11 is 0. The Hall–Kier alpha value is -1.31. The third-order valence-electron chi connectivity index (χ3n) is 2.02. The Labute approximate surface area is 72.2 Å². The minimum Gasteiger partial charge on any atom is -0.269 e. The lowest BCUT2D eigenvalue weighted by atomic mass is 10.1. The Morgan fingerprint density at radius 3 is 3.17 bits per heavy atom. The molecule has 0 bridgehead atoms. The van der Waals surface area contributed by atoms with Crippen LogP contribution in [-0.2, 0) is 6.54 Å². The van der Waals surface area contributed by atoms with Crippen molar-refractivity contribution in [3.8, 4) is 0 Å². The van der Waals surface area contributed by atoms with Crippen molar-refractivity contribution in [2.75, 3.05) is 0 Å². The Morgan fingerprint density at radius 1 is 1.50 bits per heavy atom. The fourth-order valence-corrected chi connectivity index (χ4v) is 1.39. The number of nitrogens with zero attached hydrogens (tertiary/aromatic N) is 2. The van der Waals surface area contributed by atoms with Gasteiger partial charge in [-0.1, -0.05) is 18.2 Å². The standard InChI is InChI=1S/C10H12N2/c1-2-5-10(6-3-1)9-12-8-4-7-11-12/h1-2,4-5,7-8H,3,6,9H2. The van der Waals surface area contributed by atoms with Gasteiger partial charge in [0, 0.05) is 12.4 Å². The Bertz CT molecular complexity index is 294. The zero-order valence-electron chi connectivity index (χ0n) is 6.98. The molecule has 1 aliphatic rings. The van der Waals surface area contributed by atoms with Crippen LogP contribution in [0.15, 0.2) is 42.3 Å². The second-order valence-corrected chi connectivity index (χ2v) is 3.00. The van der Waals surface area contributed by atoms with Gasteiger partial charge in [0.25, 0.3) is 0 Å². The molecule has 2 heteroatoms. The molecule has 0 amide bonds. The van der Waals surface area contributed by atoms with E-state index in [2.05, 4.69) is 23.3 Å². The lowest BCUT2D eigenvalue weighted by Gasteiger charge is -2.08. The zero-order chi connectivity index (χ0) is 8.23. The quantitative estimate of drug-likeness (QED) is 0.648. The van der Waals surface area contributed by atoms with Crippen LogP contribution in [0.3, 0.4) is 0 Å². The van der Waals surface area contributed by atoms with Gasteiger partial charge in [-0.25, -0.2) is 0 Å². The molecular formula is C10H12N2. The fourth-order valence-electron chi connectivity index (χ4n) is 1.39. The summed E-state index contributed by atoms with van der Waals surface area (Å²) in [6.07, 6.45) is 12.7. The maximum Gasteiger partial charge on any atom is 0.0622 e. The van der Waals surface area contributed by atoms with Gasteiger partial charge in [0.15, 0.2) is 0 Å². The van der Waals surface area contributed by atoms with Gasteiger partial charge in [0.05, 0.1) is 6.54 Å². The van der Waals surface area contributed by atoms with Gasteiger partial charge in [-0.2, -0.15) is 5.10 Å². The highest BCUT2D eigenvalue weighted by atomic mass is 15.3. The molecule has 1 aliphatic carbocycles. The van der Waals surface area contributed by atoms with Gasteiger partial charge >= 0.3 is 0 Å². The molecule has 1 heterocycles. The van der Waals surface area contributed by atoms with Crippen molar-refractivity contribution < 1.29 is 0 Å². The normalized spacial score (nSPS) is 16.2. The highest BCUT2D eigenvalue weighted by Gasteiger charge is 1.99. The molecule has 62 valence electrons. The topological polar surface area (TPSA) is 17.8 Å². The summed E-state index contributed by atoms with van der Waals surface area (Å²) in [5.41, 5.74) is 1.46. The largest absolute Gasteiger partial charge is 0.269 e. The first-order valence-corrected chi connectivity index (χ1v) is 4.27. The molecule has 0 atom stereocenters. The van der Waals surface area contributed by atoms with Gasteiger partial charge in [-0.05, 0) is 24.5 Å². The number of aromatic nitrogens is 2. The van der Waals surface area contributed by atoms with Gasteiger partial charge in [0.2, 0.25) is 0 Å². The third-order valence-corrected chi connectivity index (χ3v) is 2.02. The van der Waals surface area contributed by atoms with Gasteiger partial charge in [-0.15, -0.1) is 0 Å². The first-order chi connectivity index (χ1) is 5.95. The summed E-state index contributed by atoms with van der Waals surface area (Å²) in [4.78, 5) is 0. The van der Waals surface area contributed by atoms with Crippen LogP contribution in [0.1, 0.15) is 12.8 Å². The zero-order valence-corrected chi connectivity index (χ0v) is 6.98. The summed E-state index contributed by atoms with van der Waals surface area (Å²) in [5, 5.41) is 4.16. The molecular weight excluding hydrogens is 148 g/mol. The molecule has 2 nitrogen and oxygen atoms in total. The van der Waals surface area contributed by atoms with E-state index in [1.165, 1.54) is 18.4 Å². The smallest absolute Gasteiger partial charge is 0.0622 e. The van der Waals surface area contributed by atoms with E-state index in [-0.39, 0.29) is 0 Å². The lowest BCUT2D eigenvalue weighted by molar-refractivity contribution is 0.654. The number of allylic oxidation sites excluding steroid dienone is 4. The van der Waals surface area contributed by atoms with E-state index in [9.17, 15) is 0 Å². The maximum absolute atomic E-state index is 4.16. The summed E-state index contributed by atoms with van der Waals surface area (Å²) < 4.78 is 1.96. The number of hydrogen-bond donors (Lipinski definition) is 0. The van der Waals surface area contributed by atoms with Crippen molar-refractivity contribution in [1.29, 1.82) is 0 Å². The summed E-state index contributed by atoms with van der Waals surface area (Å²) in [6.45, 7) is 0.942. The SMILES string of the molecule is C1=CCCC(Cn2cccn2)=C1. The first kappa shape index (κ1) is 7.35. The van der Waals surface area contributed by atoms with Gasteiger partial charge in [-0.3, -0.25) is 4.68 Å². The molecule has 0 saturated heterocycles. The van der Waals surface area contributed by atoms with E-state index in [1.54, 1.807) is 0 Å². The van der Waals surface area contributed by atoms with Gasteiger partial charge in [0.1, 0.15) is 0 Å². The molecule has 0 unspecified atom stereocenters. The second-order valence-electron chi connectivity index (χ2n) is 3.00. The molecule has 12 heavy (non-hydrogen) atoms. The van der Waals surface area contributed by atoms with Crippen molar-refractivity contribution >= 4 is 0 Å². The lowest BCUT2D eigenvalue weighted by Crippen LogP contribution is -2.02. The van der Waals surface area contributed by atoms with E-state index < -0.39 is 0 Å². The fraction of sp³-hybridized carbons (Fsp3) is 0.300. The summed E-state index contributed by atoms with van der Waals surface area (Å²) in [7, 11) is 0. The van der Waals surface area contributed by atoms with Gasteiger partial charge < -0.3 is 0 Å². The van der Waals surface area contributed by atoms with Crippen LogP contribution in [0, 0.1) is 0 Å². The summed E-state index contributed by atoms with van der Waals surface area (Å²) in [5.74, 6) is 0. The third kappa shape index (κ3) is 1.64. The first-order valence-electron chi connectivity index (χ1n) is 4.27. The Kier molecular flexibility index (Phi) is 2.08.